The Kier molecular flexibility index (Phi) is 7.41. The van der Waals surface area contributed by atoms with E-state index in [0.29, 0.717) is 22.8 Å². The van der Waals surface area contributed by atoms with Crippen molar-refractivity contribution < 1.29 is 13.2 Å². The zero-order chi connectivity index (χ0) is 22.6. The van der Waals surface area contributed by atoms with Crippen LogP contribution in [0.1, 0.15) is 16.7 Å². The molecule has 0 atom stereocenters. The smallest absolute Gasteiger partial charge is 0.264 e. The lowest BCUT2D eigenvalue weighted by Gasteiger charge is -2.26. The molecule has 0 heterocycles. The monoisotopic (exact) mass is 520 g/mol. The van der Waals surface area contributed by atoms with Crippen LogP contribution >= 0.6 is 27.5 Å². The van der Waals surface area contributed by atoms with Crippen LogP contribution in [-0.4, -0.2) is 20.9 Å². The fourth-order valence-corrected chi connectivity index (χ4v) is 4.90. The summed E-state index contributed by atoms with van der Waals surface area (Å²) in [5, 5.41) is 3.22. The maximum absolute atomic E-state index is 13.5. The normalized spacial score (nSPS) is 11.2. The molecule has 5 nitrogen and oxygen atoms in total. The van der Waals surface area contributed by atoms with Gasteiger partial charge in [-0.1, -0.05) is 63.4 Å². The number of anilines is 1. The number of sulfonamides is 1. The van der Waals surface area contributed by atoms with Crippen molar-refractivity contribution >= 4 is 49.1 Å². The molecule has 0 aliphatic heterocycles. The number of halogens is 2. The Morgan fingerprint density at radius 1 is 1.00 bits per heavy atom. The van der Waals surface area contributed by atoms with Gasteiger partial charge in [0.15, 0.2) is 0 Å². The van der Waals surface area contributed by atoms with Gasteiger partial charge in [-0.2, -0.15) is 0 Å². The van der Waals surface area contributed by atoms with Crippen molar-refractivity contribution in [3.05, 3.63) is 92.9 Å². The van der Waals surface area contributed by atoms with Crippen LogP contribution in [0.15, 0.2) is 76.1 Å². The fourth-order valence-electron chi connectivity index (χ4n) is 2.99. The first-order valence-corrected chi connectivity index (χ1v) is 12.2. The molecule has 31 heavy (non-hydrogen) atoms. The van der Waals surface area contributed by atoms with Crippen molar-refractivity contribution in [2.24, 2.45) is 0 Å². The van der Waals surface area contributed by atoms with Crippen molar-refractivity contribution in [1.29, 1.82) is 0 Å². The van der Waals surface area contributed by atoms with Gasteiger partial charge < -0.3 is 5.32 Å². The summed E-state index contributed by atoms with van der Waals surface area (Å²) in [6, 6.07) is 19.1. The zero-order valence-corrected chi connectivity index (χ0v) is 20.3. The van der Waals surface area contributed by atoms with E-state index in [2.05, 4.69) is 21.2 Å². The van der Waals surface area contributed by atoms with Gasteiger partial charge in [0.2, 0.25) is 5.91 Å². The van der Waals surface area contributed by atoms with Gasteiger partial charge in [-0.3, -0.25) is 9.10 Å². The van der Waals surface area contributed by atoms with Gasteiger partial charge in [-0.05, 0) is 61.4 Å². The highest BCUT2D eigenvalue weighted by molar-refractivity contribution is 9.10. The second kappa shape index (κ2) is 9.85. The number of benzene rings is 3. The molecule has 0 spiro atoms. The number of nitrogens with zero attached hydrogens (tertiary/aromatic N) is 1. The number of hydrogen-bond acceptors (Lipinski definition) is 3. The van der Waals surface area contributed by atoms with E-state index < -0.39 is 15.9 Å². The highest BCUT2D eigenvalue weighted by atomic mass is 79.9. The minimum absolute atomic E-state index is 0.109. The lowest BCUT2D eigenvalue weighted by Crippen LogP contribution is -2.41. The number of amides is 1. The molecule has 1 N–H and O–H groups in total. The minimum atomic E-state index is -3.99. The van der Waals surface area contributed by atoms with Crippen LogP contribution in [-0.2, 0) is 21.4 Å². The van der Waals surface area contributed by atoms with E-state index in [1.165, 1.54) is 12.1 Å². The first-order valence-electron chi connectivity index (χ1n) is 9.54. The standard InChI is InChI=1S/C23H22BrClN2O3S/c1-16-6-12-20(13-7-16)31(29,30)27(22-5-3-4-21(25)17(22)2)15-23(28)26-14-18-8-10-19(24)11-9-18/h3-13H,14-15H2,1-2H3,(H,26,28). The largest absolute Gasteiger partial charge is 0.350 e. The van der Waals surface area contributed by atoms with Gasteiger partial charge in [-0.25, -0.2) is 8.42 Å². The topological polar surface area (TPSA) is 66.5 Å². The van der Waals surface area contributed by atoms with E-state index in [1.807, 2.05) is 31.2 Å². The Morgan fingerprint density at radius 2 is 1.65 bits per heavy atom. The van der Waals surface area contributed by atoms with Crippen molar-refractivity contribution in [2.45, 2.75) is 25.3 Å². The van der Waals surface area contributed by atoms with Crippen LogP contribution in [0.4, 0.5) is 5.69 Å². The predicted molar refractivity (Wildman–Crippen MR) is 128 cm³/mol. The summed E-state index contributed by atoms with van der Waals surface area (Å²) in [6.07, 6.45) is 0. The Bertz CT molecular complexity index is 1180. The molecule has 162 valence electrons. The second-order valence-corrected chi connectivity index (χ2v) is 10.3. The molecule has 0 bridgehead atoms. The van der Waals surface area contributed by atoms with E-state index in [-0.39, 0.29) is 11.4 Å². The summed E-state index contributed by atoms with van der Waals surface area (Å²) < 4.78 is 29.0. The van der Waals surface area contributed by atoms with Crippen LogP contribution in [0.5, 0.6) is 0 Å². The Hall–Kier alpha value is -2.35. The van der Waals surface area contributed by atoms with E-state index in [9.17, 15) is 13.2 Å². The van der Waals surface area contributed by atoms with E-state index in [0.717, 1.165) is 19.9 Å². The first-order chi connectivity index (χ1) is 14.7. The highest BCUT2D eigenvalue weighted by Crippen LogP contribution is 2.30. The van der Waals surface area contributed by atoms with Crippen LogP contribution in [0.3, 0.4) is 0 Å². The molecule has 0 aliphatic carbocycles. The summed E-state index contributed by atoms with van der Waals surface area (Å²) in [5.74, 6) is -0.419. The molecule has 0 aliphatic rings. The molecular formula is C23H22BrClN2O3S. The molecule has 0 radical (unpaired) electrons. The summed E-state index contributed by atoms with van der Waals surface area (Å²) >= 11 is 9.61. The van der Waals surface area contributed by atoms with E-state index in [1.54, 1.807) is 37.3 Å². The number of carbonyl (C=O) groups is 1. The highest BCUT2D eigenvalue weighted by Gasteiger charge is 2.28. The maximum atomic E-state index is 13.5. The molecule has 0 unspecified atom stereocenters. The number of hydrogen-bond donors (Lipinski definition) is 1. The van der Waals surface area contributed by atoms with Gasteiger partial charge in [0.05, 0.1) is 10.6 Å². The maximum Gasteiger partial charge on any atom is 0.264 e. The van der Waals surface area contributed by atoms with Gasteiger partial charge >= 0.3 is 0 Å². The average molecular weight is 522 g/mol. The Morgan fingerprint density at radius 3 is 2.29 bits per heavy atom. The fraction of sp³-hybridized carbons (Fsp3) is 0.174. The van der Waals surface area contributed by atoms with Gasteiger partial charge in [0, 0.05) is 16.0 Å². The first kappa shape index (κ1) is 23.3. The number of nitrogens with one attached hydrogen (secondary N) is 1. The van der Waals surface area contributed by atoms with Crippen molar-refractivity contribution in [2.75, 3.05) is 10.8 Å². The lowest BCUT2D eigenvalue weighted by molar-refractivity contribution is -0.119. The minimum Gasteiger partial charge on any atom is -0.350 e. The molecule has 0 fully saturated rings. The van der Waals surface area contributed by atoms with Gasteiger partial charge in [0.25, 0.3) is 10.0 Å². The number of rotatable bonds is 7. The number of carbonyl (C=O) groups excluding carboxylic acids is 1. The lowest BCUT2D eigenvalue weighted by atomic mass is 10.2. The molecule has 0 aromatic heterocycles. The summed E-state index contributed by atoms with van der Waals surface area (Å²) in [7, 11) is -3.99. The van der Waals surface area contributed by atoms with Crippen LogP contribution < -0.4 is 9.62 Å². The Balaban J connectivity index is 1.90. The molecule has 3 aromatic carbocycles. The third kappa shape index (κ3) is 5.67. The second-order valence-electron chi connectivity index (χ2n) is 7.11. The predicted octanol–water partition coefficient (Wildman–Crippen LogP) is 5.23. The molecule has 8 heteroatoms. The van der Waals surface area contributed by atoms with Crippen LogP contribution in [0, 0.1) is 13.8 Å². The van der Waals surface area contributed by atoms with Crippen LogP contribution in [0.2, 0.25) is 5.02 Å². The summed E-state index contributed by atoms with van der Waals surface area (Å²) in [5.41, 5.74) is 2.80. The van der Waals surface area contributed by atoms with Crippen molar-refractivity contribution in [1.82, 2.24) is 5.32 Å². The molecule has 0 saturated heterocycles. The van der Waals surface area contributed by atoms with Gasteiger partial charge in [0.1, 0.15) is 6.54 Å². The zero-order valence-electron chi connectivity index (χ0n) is 17.1. The molecule has 3 rings (SSSR count). The molecular weight excluding hydrogens is 500 g/mol. The summed E-state index contributed by atoms with van der Waals surface area (Å²) in [6.45, 7) is 3.53. The molecule has 1 amide bonds. The SMILES string of the molecule is Cc1ccc(S(=O)(=O)N(CC(=O)NCc2ccc(Br)cc2)c2cccc(Cl)c2C)cc1. The third-order valence-electron chi connectivity index (χ3n) is 4.81. The Labute approximate surface area is 196 Å². The quantitative estimate of drug-likeness (QED) is 0.463. The van der Waals surface area contributed by atoms with Gasteiger partial charge in [-0.15, -0.1) is 0 Å². The van der Waals surface area contributed by atoms with Crippen molar-refractivity contribution in [3.8, 4) is 0 Å². The summed E-state index contributed by atoms with van der Waals surface area (Å²) in [4.78, 5) is 12.8. The molecule has 3 aromatic rings. The van der Waals surface area contributed by atoms with E-state index >= 15 is 0 Å². The average Bonchev–Trinajstić information content (AvgIpc) is 2.74. The molecule has 0 saturated carbocycles. The van der Waals surface area contributed by atoms with Crippen LogP contribution in [0.25, 0.3) is 0 Å². The number of aryl methyl sites for hydroxylation is 1. The van der Waals surface area contributed by atoms with Crippen molar-refractivity contribution in [3.63, 3.8) is 0 Å². The van der Waals surface area contributed by atoms with E-state index in [4.69, 9.17) is 11.6 Å². The third-order valence-corrected chi connectivity index (χ3v) is 7.52.